The molecule has 0 bridgehead atoms. The molecule has 0 saturated carbocycles. The van der Waals surface area contributed by atoms with Gasteiger partial charge in [-0.25, -0.2) is 0 Å². The van der Waals surface area contributed by atoms with Gasteiger partial charge in [-0.15, -0.1) is 0 Å². The van der Waals surface area contributed by atoms with Crippen molar-refractivity contribution in [3.8, 4) is 0 Å². The van der Waals surface area contributed by atoms with Gasteiger partial charge in [-0.05, 0) is 50.7 Å². The third-order valence-corrected chi connectivity index (χ3v) is 3.90. The molecule has 1 atom stereocenters. The molecule has 20 heavy (non-hydrogen) atoms. The SMILES string of the molecule is CC(C)CCCC(CNC(C)(C)C)c1ccccc1Cl. The van der Waals surface area contributed by atoms with Crippen LogP contribution in [0, 0.1) is 5.92 Å². The predicted molar refractivity (Wildman–Crippen MR) is 90.6 cm³/mol. The molecule has 0 spiro atoms. The van der Waals surface area contributed by atoms with Gasteiger partial charge in [-0.3, -0.25) is 0 Å². The van der Waals surface area contributed by atoms with Crippen molar-refractivity contribution in [2.75, 3.05) is 6.54 Å². The van der Waals surface area contributed by atoms with Crippen molar-refractivity contribution < 1.29 is 0 Å². The zero-order valence-electron chi connectivity index (χ0n) is 13.7. The van der Waals surface area contributed by atoms with Gasteiger partial charge in [0.15, 0.2) is 0 Å². The van der Waals surface area contributed by atoms with Crippen molar-refractivity contribution in [2.24, 2.45) is 5.92 Å². The Morgan fingerprint density at radius 2 is 1.75 bits per heavy atom. The summed E-state index contributed by atoms with van der Waals surface area (Å²) in [5.74, 6) is 1.28. The van der Waals surface area contributed by atoms with Crippen LogP contribution in [-0.4, -0.2) is 12.1 Å². The molecule has 0 saturated heterocycles. The Balaban J connectivity index is 2.71. The van der Waals surface area contributed by atoms with Crippen LogP contribution in [-0.2, 0) is 0 Å². The Labute approximate surface area is 130 Å². The molecule has 0 aliphatic rings. The van der Waals surface area contributed by atoms with Crippen LogP contribution in [0.15, 0.2) is 24.3 Å². The van der Waals surface area contributed by atoms with Crippen LogP contribution >= 0.6 is 11.6 Å². The predicted octanol–water partition coefficient (Wildman–Crippen LogP) is 5.64. The van der Waals surface area contributed by atoms with Crippen molar-refractivity contribution in [3.63, 3.8) is 0 Å². The third kappa shape index (κ3) is 6.76. The van der Waals surface area contributed by atoms with E-state index >= 15 is 0 Å². The lowest BCUT2D eigenvalue weighted by Crippen LogP contribution is -2.38. The Bertz CT molecular complexity index is 393. The molecule has 0 amide bonds. The largest absolute Gasteiger partial charge is 0.311 e. The van der Waals surface area contributed by atoms with E-state index < -0.39 is 0 Å². The van der Waals surface area contributed by atoms with Crippen LogP contribution < -0.4 is 5.32 Å². The summed E-state index contributed by atoms with van der Waals surface area (Å²) in [5, 5.41) is 4.53. The highest BCUT2D eigenvalue weighted by atomic mass is 35.5. The molecule has 1 N–H and O–H groups in total. The van der Waals surface area contributed by atoms with Crippen LogP contribution in [0.2, 0.25) is 5.02 Å². The van der Waals surface area contributed by atoms with E-state index in [1.807, 2.05) is 12.1 Å². The zero-order chi connectivity index (χ0) is 15.2. The van der Waals surface area contributed by atoms with E-state index in [4.69, 9.17) is 11.6 Å². The molecule has 2 heteroatoms. The highest BCUT2D eigenvalue weighted by Crippen LogP contribution is 2.29. The second kappa shape index (κ2) is 8.05. The molecule has 0 aromatic heterocycles. The maximum atomic E-state index is 6.38. The number of hydrogen-bond acceptors (Lipinski definition) is 1. The summed E-state index contributed by atoms with van der Waals surface area (Å²) in [6.07, 6.45) is 3.75. The minimum atomic E-state index is 0.150. The summed E-state index contributed by atoms with van der Waals surface area (Å²) >= 11 is 6.38. The van der Waals surface area contributed by atoms with E-state index in [2.05, 4.69) is 52.1 Å². The molecule has 1 nitrogen and oxygen atoms in total. The fraction of sp³-hybridized carbons (Fsp3) is 0.667. The molecule has 1 unspecified atom stereocenters. The lowest BCUT2D eigenvalue weighted by Gasteiger charge is -2.26. The first-order valence-electron chi connectivity index (χ1n) is 7.79. The highest BCUT2D eigenvalue weighted by molar-refractivity contribution is 6.31. The van der Waals surface area contributed by atoms with E-state index in [1.165, 1.54) is 24.8 Å². The van der Waals surface area contributed by atoms with Crippen LogP contribution in [0.3, 0.4) is 0 Å². The van der Waals surface area contributed by atoms with Crippen LogP contribution in [0.5, 0.6) is 0 Å². The maximum Gasteiger partial charge on any atom is 0.0441 e. The topological polar surface area (TPSA) is 12.0 Å². The molecule has 0 aliphatic heterocycles. The Morgan fingerprint density at radius 1 is 1.10 bits per heavy atom. The van der Waals surface area contributed by atoms with Gasteiger partial charge in [0, 0.05) is 17.1 Å². The van der Waals surface area contributed by atoms with Gasteiger partial charge in [0.25, 0.3) is 0 Å². The second-order valence-electron chi connectivity index (χ2n) is 7.17. The minimum Gasteiger partial charge on any atom is -0.311 e. The molecule has 1 aromatic rings. The van der Waals surface area contributed by atoms with Crippen LogP contribution in [0.4, 0.5) is 0 Å². The number of halogens is 1. The van der Waals surface area contributed by atoms with E-state index in [0.29, 0.717) is 5.92 Å². The van der Waals surface area contributed by atoms with Crippen molar-refractivity contribution >= 4 is 11.6 Å². The van der Waals surface area contributed by atoms with E-state index in [0.717, 1.165) is 17.5 Å². The molecule has 0 heterocycles. The van der Waals surface area contributed by atoms with Crippen LogP contribution in [0.1, 0.15) is 65.4 Å². The Hall–Kier alpha value is -0.530. The first-order valence-corrected chi connectivity index (χ1v) is 8.17. The lowest BCUT2D eigenvalue weighted by atomic mass is 9.91. The van der Waals surface area contributed by atoms with E-state index in [1.54, 1.807) is 0 Å². The number of hydrogen-bond donors (Lipinski definition) is 1. The molecular formula is C18H30ClN. The van der Waals surface area contributed by atoms with Crippen molar-refractivity contribution in [2.45, 2.75) is 65.3 Å². The molecule has 0 aliphatic carbocycles. The Morgan fingerprint density at radius 3 is 2.30 bits per heavy atom. The number of rotatable bonds is 7. The first-order chi connectivity index (χ1) is 9.29. The van der Waals surface area contributed by atoms with Crippen molar-refractivity contribution in [1.82, 2.24) is 5.32 Å². The van der Waals surface area contributed by atoms with Gasteiger partial charge in [-0.2, -0.15) is 0 Å². The van der Waals surface area contributed by atoms with E-state index in [-0.39, 0.29) is 5.54 Å². The Kier molecular flexibility index (Phi) is 7.05. The standard InChI is InChI=1S/C18H30ClN/c1-14(2)9-8-10-15(13-20-18(3,4)5)16-11-6-7-12-17(16)19/h6-7,11-12,14-15,20H,8-10,13H2,1-5H3. The first kappa shape index (κ1) is 17.5. The van der Waals surface area contributed by atoms with Gasteiger partial charge in [0.1, 0.15) is 0 Å². The zero-order valence-corrected chi connectivity index (χ0v) is 14.4. The number of benzene rings is 1. The minimum absolute atomic E-state index is 0.150. The third-order valence-electron chi connectivity index (χ3n) is 3.56. The van der Waals surface area contributed by atoms with Gasteiger partial charge in [0.05, 0.1) is 0 Å². The van der Waals surface area contributed by atoms with E-state index in [9.17, 15) is 0 Å². The molecule has 114 valence electrons. The van der Waals surface area contributed by atoms with Crippen LogP contribution in [0.25, 0.3) is 0 Å². The quantitative estimate of drug-likeness (QED) is 0.686. The second-order valence-corrected chi connectivity index (χ2v) is 7.58. The fourth-order valence-corrected chi connectivity index (χ4v) is 2.67. The summed E-state index contributed by atoms with van der Waals surface area (Å²) in [7, 11) is 0. The summed E-state index contributed by atoms with van der Waals surface area (Å²) in [5.41, 5.74) is 1.44. The summed E-state index contributed by atoms with van der Waals surface area (Å²) < 4.78 is 0. The summed E-state index contributed by atoms with van der Waals surface area (Å²) in [6.45, 7) is 12.2. The fourth-order valence-electron chi connectivity index (χ4n) is 2.38. The molecular weight excluding hydrogens is 266 g/mol. The van der Waals surface area contributed by atoms with Crippen molar-refractivity contribution in [3.05, 3.63) is 34.9 Å². The van der Waals surface area contributed by atoms with Gasteiger partial charge < -0.3 is 5.32 Å². The summed E-state index contributed by atoms with van der Waals surface area (Å²) in [4.78, 5) is 0. The van der Waals surface area contributed by atoms with Gasteiger partial charge >= 0.3 is 0 Å². The van der Waals surface area contributed by atoms with Gasteiger partial charge in [-0.1, -0.05) is 56.5 Å². The normalized spacial score (nSPS) is 13.8. The summed E-state index contributed by atoms with van der Waals surface area (Å²) in [6, 6.07) is 8.28. The lowest BCUT2D eigenvalue weighted by molar-refractivity contribution is 0.390. The molecule has 0 fully saturated rings. The smallest absolute Gasteiger partial charge is 0.0441 e. The van der Waals surface area contributed by atoms with Gasteiger partial charge in [0.2, 0.25) is 0 Å². The highest BCUT2D eigenvalue weighted by Gasteiger charge is 2.17. The average molecular weight is 296 g/mol. The molecule has 1 rings (SSSR count). The average Bonchev–Trinajstić information content (AvgIpc) is 2.33. The monoisotopic (exact) mass is 295 g/mol. The molecule has 0 radical (unpaired) electrons. The maximum absolute atomic E-state index is 6.38. The molecule has 1 aromatic carbocycles. The van der Waals surface area contributed by atoms with Crippen molar-refractivity contribution in [1.29, 1.82) is 0 Å². The number of nitrogens with one attached hydrogen (secondary N) is 1.